The molecule has 0 aliphatic carbocycles. The van der Waals surface area contributed by atoms with Crippen molar-refractivity contribution in [2.75, 3.05) is 11.4 Å². The maximum absolute atomic E-state index is 13.1. The Morgan fingerprint density at radius 1 is 0.966 bits per heavy atom. The van der Waals surface area contributed by atoms with E-state index < -0.39 is 5.91 Å². The van der Waals surface area contributed by atoms with E-state index in [4.69, 9.17) is 9.94 Å². The molecule has 0 saturated heterocycles. The van der Waals surface area contributed by atoms with Crippen LogP contribution in [0.5, 0.6) is 11.5 Å². The van der Waals surface area contributed by atoms with Gasteiger partial charge in [0, 0.05) is 12.1 Å². The molecule has 0 unspecified atom stereocenters. The maximum atomic E-state index is 13.1. The van der Waals surface area contributed by atoms with Gasteiger partial charge in [-0.2, -0.15) is 0 Å². The molecule has 0 fully saturated rings. The number of hydroxylamine groups is 1. The van der Waals surface area contributed by atoms with Crippen molar-refractivity contribution >= 4 is 23.6 Å². The SMILES string of the molecule is O=C(NO)c1ccc(/C=C/CN2C(=O)c3ccccc3Oc3ccccc32)cc1. The summed E-state index contributed by atoms with van der Waals surface area (Å²) in [6.45, 7) is 0.354. The Morgan fingerprint density at radius 3 is 2.41 bits per heavy atom. The highest BCUT2D eigenvalue weighted by molar-refractivity contribution is 6.09. The molecular formula is C23H18N2O4. The molecule has 144 valence electrons. The summed E-state index contributed by atoms with van der Waals surface area (Å²) in [4.78, 5) is 26.2. The lowest BCUT2D eigenvalue weighted by Crippen LogP contribution is -2.30. The number of anilines is 1. The number of hydrogen-bond acceptors (Lipinski definition) is 4. The summed E-state index contributed by atoms with van der Waals surface area (Å²) < 4.78 is 5.97. The first-order chi connectivity index (χ1) is 14.2. The van der Waals surface area contributed by atoms with E-state index in [2.05, 4.69) is 0 Å². The number of benzene rings is 3. The Bertz CT molecular complexity index is 1090. The second-order valence-electron chi connectivity index (χ2n) is 6.45. The van der Waals surface area contributed by atoms with E-state index in [-0.39, 0.29) is 5.91 Å². The number of carbonyl (C=O) groups is 2. The van der Waals surface area contributed by atoms with Gasteiger partial charge < -0.3 is 9.64 Å². The van der Waals surface area contributed by atoms with Gasteiger partial charge in [-0.3, -0.25) is 14.8 Å². The van der Waals surface area contributed by atoms with Gasteiger partial charge in [-0.1, -0.05) is 48.6 Å². The zero-order chi connectivity index (χ0) is 20.2. The molecule has 0 radical (unpaired) electrons. The molecule has 1 aliphatic rings. The van der Waals surface area contributed by atoms with Crippen LogP contribution in [-0.4, -0.2) is 23.6 Å². The molecule has 6 nitrogen and oxygen atoms in total. The quantitative estimate of drug-likeness (QED) is 0.518. The highest BCUT2D eigenvalue weighted by atomic mass is 16.5. The minimum Gasteiger partial charge on any atom is -0.454 e. The van der Waals surface area contributed by atoms with Crippen molar-refractivity contribution in [2.45, 2.75) is 0 Å². The predicted molar refractivity (Wildman–Crippen MR) is 109 cm³/mol. The lowest BCUT2D eigenvalue weighted by Gasteiger charge is -2.20. The fraction of sp³-hybridized carbons (Fsp3) is 0.0435. The van der Waals surface area contributed by atoms with E-state index in [1.54, 1.807) is 46.8 Å². The van der Waals surface area contributed by atoms with Crippen molar-refractivity contribution in [1.82, 2.24) is 5.48 Å². The average molecular weight is 386 g/mol. The van der Waals surface area contributed by atoms with Gasteiger partial charge in [0.2, 0.25) is 0 Å². The number of hydrogen-bond donors (Lipinski definition) is 2. The number of fused-ring (bicyclic) bond motifs is 2. The summed E-state index contributed by atoms with van der Waals surface area (Å²) in [5.74, 6) is 0.462. The number of amides is 2. The Labute approximate surface area is 167 Å². The third kappa shape index (κ3) is 3.74. The highest BCUT2D eigenvalue weighted by Gasteiger charge is 2.26. The van der Waals surface area contributed by atoms with Gasteiger partial charge in [0.15, 0.2) is 5.75 Å². The molecular weight excluding hydrogens is 368 g/mol. The molecule has 1 heterocycles. The van der Waals surface area contributed by atoms with Crippen molar-refractivity contribution in [3.63, 3.8) is 0 Å². The van der Waals surface area contributed by atoms with Crippen molar-refractivity contribution < 1.29 is 19.5 Å². The van der Waals surface area contributed by atoms with E-state index >= 15 is 0 Å². The van der Waals surface area contributed by atoms with Gasteiger partial charge in [0.25, 0.3) is 11.8 Å². The number of nitrogens with one attached hydrogen (secondary N) is 1. The molecule has 2 N–H and O–H groups in total. The van der Waals surface area contributed by atoms with Crippen molar-refractivity contribution in [3.8, 4) is 11.5 Å². The van der Waals surface area contributed by atoms with Crippen LogP contribution in [-0.2, 0) is 0 Å². The number of para-hydroxylation sites is 3. The standard InChI is InChI=1S/C23H18N2O4/c26-22(24-28)17-13-11-16(12-14-17)6-5-15-25-19-8-2-4-10-21(19)29-20-9-3-1-7-18(20)23(25)27/h1-14,28H,15H2,(H,24,26)/b6-5+. The van der Waals surface area contributed by atoms with E-state index in [9.17, 15) is 9.59 Å². The summed E-state index contributed by atoms with van der Waals surface area (Å²) in [7, 11) is 0. The zero-order valence-corrected chi connectivity index (χ0v) is 15.4. The number of nitrogens with zero attached hydrogens (tertiary/aromatic N) is 1. The molecule has 6 heteroatoms. The van der Waals surface area contributed by atoms with E-state index in [1.807, 2.05) is 48.6 Å². The van der Waals surface area contributed by atoms with Gasteiger partial charge >= 0.3 is 0 Å². The summed E-state index contributed by atoms with van der Waals surface area (Å²) >= 11 is 0. The molecule has 0 spiro atoms. The second kappa shape index (κ2) is 8.00. The number of ether oxygens (including phenoxy) is 1. The minimum atomic E-state index is -0.564. The maximum Gasteiger partial charge on any atom is 0.274 e. The van der Waals surface area contributed by atoms with Crippen LogP contribution in [0.4, 0.5) is 5.69 Å². The topological polar surface area (TPSA) is 78.9 Å². The molecule has 0 saturated carbocycles. The minimum absolute atomic E-state index is 0.134. The van der Waals surface area contributed by atoms with E-state index in [0.717, 1.165) is 5.56 Å². The summed E-state index contributed by atoms with van der Waals surface area (Å²) in [6.07, 6.45) is 3.75. The molecule has 0 atom stereocenters. The van der Waals surface area contributed by atoms with Crippen molar-refractivity contribution in [3.05, 3.63) is 95.6 Å². The normalized spacial score (nSPS) is 12.7. The van der Waals surface area contributed by atoms with Gasteiger partial charge in [-0.25, -0.2) is 5.48 Å². The van der Waals surface area contributed by atoms with E-state index in [1.165, 1.54) is 0 Å². The monoisotopic (exact) mass is 386 g/mol. The fourth-order valence-corrected chi connectivity index (χ4v) is 3.16. The van der Waals surface area contributed by atoms with Gasteiger partial charge in [-0.15, -0.1) is 0 Å². The average Bonchev–Trinajstić information content (AvgIpc) is 2.88. The van der Waals surface area contributed by atoms with Crippen molar-refractivity contribution in [2.24, 2.45) is 0 Å². The molecule has 3 aromatic carbocycles. The number of rotatable bonds is 4. The van der Waals surface area contributed by atoms with Crippen LogP contribution < -0.4 is 15.1 Å². The Balaban J connectivity index is 1.59. The first-order valence-corrected chi connectivity index (χ1v) is 9.06. The van der Waals surface area contributed by atoms with Gasteiger partial charge in [0.05, 0.1) is 11.3 Å². The Kier molecular flexibility index (Phi) is 5.09. The molecule has 2 amide bonds. The molecule has 1 aliphatic heterocycles. The summed E-state index contributed by atoms with van der Waals surface area (Å²) in [6, 6.07) is 21.4. The van der Waals surface area contributed by atoms with Crippen LogP contribution in [0.15, 0.2) is 78.9 Å². The van der Waals surface area contributed by atoms with Crippen LogP contribution in [0.2, 0.25) is 0 Å². The molecule has 0 bridgehead atoms. The van der Waals surface area contributed by atoms with Crippen LogP contribution in [0, 0.1) is 0 Å². The van der Waals surface area contributed by atoms with E-state index in [0.29, 0.717) is 34.9 Å². The summed E-state index contributed by atoms with van der Waals surface area (Å²) in [5.41, 5.74) is 4.04. The Morgan fingerprint density at radius 2 is 1.66 bits per heavy atom. The molecule has 4 rings (SSSR count). The second-order valence-corrected chi connectivity index (χ2v) is 6.45. The lowest BCUT2D eigenvalue weighted by molar-refractivity contribution is 0.0706. The fourth-order valence-electron chi connectivity index (χ4n) is 3.16. The van der Waals surface area contributed by atoms with Crippen LogP contribution in [0.25, 0.3) is 6.08 Å². The summed E-state index contributed by atoms with van der Waals surface area (Å²) in [5, 5.41) is 8.68. The van der Waals surface area contributed by atoms with Crippen LogP contribution in [0.1, 0.15) is 26.3 Å². The first kappa shape index (κ1) is 18.5. The smallest absolute Gasteiger partial charge is 0.274 e. The first-order valence-electron chi connectivity index (χ1n) is 9.06. The van der Waals surface area contributed by atoms with Crippen LogP contribution in [0.3, 0.4) is 0 Å². The zero-order valence-electron chi connectivity index (χ0n) is 15.4. The van der Waals surface area contributed by atoms with Crippen molar-refractivity contribution in [1.29, 1.82) is 0 Å². The van der Waals surface area contributed by atoms with Crippen LogP contribution >= 0.6 is 0 Å². The molecule has 3 aromatic rings. The highest BCUT2D eigenvalue weighted by Crippen LogP contribution is 2.38. The van der Waals surface area contributed by atoms with Gasteiger partial charge in [0.1, 0.15) is 5.75 Å². The number of carbonyl (C=O) groups excluding carboxylic acids is 2. The third-order valence-corrected chi connectivity index (χ3v) is 4.61. The molecule has 29 heavy (non-hydrogen) atoms. The predicted octanol–water partition coefficient (Wildman–Crippen LogP) is 4.27. The Hall–Kier alpha value is -3.90. The lowest BCUT2D eigenvalue weighted by atomic mass is 10.1. The largest absolute Gasteiger partial charge is 0.454 e. The van der Waals surface area contributed by atoms with Gasteiger partial charge in [-0.05, 0) is 42.0 Å². The molecule has 0 aromatic heterocycles. The third-order valence-electron chi connectivity index (χ3n) is 4.61.